The largest absolute Gasteiger partial charge is 0.494 e. The molecule has 2 N–H and O–H groups in total. The van der Waals surface area contributed by atoms with E-state index in [0.717, 1.165) is 48.2 Å². The molecule has 21 heavy (non-hydrogen) atoms. The van der Waals surface area contributed by atoms with Crippen molar-refractivity contribution in [2.75, 3.05) is 12.3 Å². The molecular weight excluding hydrogens is 262 g/mol. The lowest BCUT2D eigenvalue weighted by atomic mass is 10.1. The molecule has 1 heterocycles. The van der Waals surface area contributed by atoms with Gasteiger partial charge in [0.1, 0.15) is 23.1 Å². The standard InChI is InChI=1S/C17H23N3O/c1-3-11-21-14-9-7-12(8-10-14)15-16(18)20(4-2)17(19-15)13-5-6-13/h7-10,13H,3-6,11,18H2,1-2H3. The van der Waals surface area contributed by atoms with Gasteiger partial charge in [-0.15, -0.1) is 0 Å². The van der Waals surface area contributed by atoms with Crippen LogP contribution >= 0.6 is 0 Å². The van der Waals surface area contributed by atoms with Gasteiger partial charge in [-0.25, -0.2) is 4.98 Å². The predicted octanol–water partition coefficient (Wildman–Crippen LogP) is 3.82. The smallest absolute Gasteiger partial charge is 0.131 e. The lowest BCUT2D eigenvalue weighted by molar-refractivity contribution is 0.317. The van der Waals surface area contributed by atoms with E-state index >= 15 is 0 Å². The van der Waals surface area contributed by atoms with Gasteiger partial charge >= 0.3 is 0 Å². The van der Waals surface area contributed by atoms with Crippen molar-refractivity contribution < 1.29 is 4.74 Å². The summed E-state index contributed by atoms with van der Waals surface area (Å²) in [6.07, 6.45) is 3.49. The van der Waals surface area contributed by atoms with Crippen molar-refractivity contribution in [1.29, 1.82) is 0 Å². The summed E-state index contributed by atoms with van der Waals surface area (Å²) >= 11 is 0. The van der Waals surface area contributed by atoms with Crippen molar-refractivity contribution >= 4 is 5.82 Å². The third-order valence-electron chi connectivity index (χ3n) is 3.90. The van der Waals surface area contributed by atoms with E-state index in [1.165, 1.54) is 12.8 Å². The highest BCUT2D eigenvalue weighted by molar-refractivity contribution is 5.71. The van der Waals surface area contributed by atoms with E-state index in [2.05, 4.69) is 18.4 Å². The molecule has 2 aromatic rings. The lowest BCUT2D eigenvalue weighted by Crippen LogP contribution is -2.04. The van der Waals surface area contributed by atoms with Crippen LogP contribution in [0.25, 0.3) is 11.3 Å². The molecule has 1 aromatic heterocycles. The quantitative estimate of drug-likeness (QED) is 0.878. The Kier molecular flexibility index (Phi) is 3.86. The van der Waals surface area contributed by atoms with Crippen molar-refractivity contribution in [1.82, 2.24) is 9.55 Å². The van der Waals surface area contributed by atoms with E-state index in [9.17, 15) is 0 Å². The second-order valence-electron chi connectivity index (χ2n) is 5.60. The van der Waals surface area contributed by atoms with E-state index in [0.29, 0.717) is 5.92 Å². The van der Waals surface area contributed by atoms with Crippen LogP contribution in [-0.2, 0) is 6.54 Å². The van der Waals surface area contributed by atoms with Crippen LogP contribution in [0.2, 0.25) is 0 Å². The van der Waals surface area contributed by atoms with Crippen LogP contribution in [-0.4, -0.2) is 16.2 Å². The molecule has 0 unspecified atom stereocenters. The number of hydrogen-bond acceptors (Lipinski definition) is 3. The molecule has 0 aliphatic heterocycles. The highest BCUT2D eigenvalue weighted by Crippen LogP contribution is 2.42. The number of imidazole rings is 1. The SMILES string of the molecule is CCCOc1ccc(-c2nc(C3CC3)n(CC)c2N)cc1. The highest BCUT2D eigenvalue weighted by Gasteiger charge is 2.30. The zero-order valence-corrected chi connectivity index (χ0v) is 12.8. The van der Waals surface area contributed by atoms with Gasteiger partial charge in [0.15, 0.2) is 0 Å². The molecule has 4 nitrogen and oxygen atoms in total. The summed E-state index contributed by atoms with van der Waals surface area (Å²) < 4.78 is 7.77. The minimum absolute atomic E-state index is 0.605. The van der Waals surface area contributed by atoms with Crippen molar-refractivity contribution in [3.8, 4) is 17.0 Å². The first-order chi connectivity index (χ1) is 10.2. The first-order valence-corrected chi connectivity index (χ1v) is 7.83. The Bertz CT molecular complexity index is 612. The number of nitrogens with two attached hydrogens (primary N) is 1. The number of ether oxygens (including phenoxy) is 1. The zero-order valence-electron chi connectivity index (χ0n) is 12.8. The fraction of sp³-hybridized carbons (Fsp3) is 0.471. The van der Waals surface area contributed by atoms with E-state index in [4.69, 9.17) is 15.5 Å². The second kappa shape index (κ2) is 5.80. The molecule has 0 spiro atoms. The Hall–Kier alpha value is -1.97. The van der Waals surface area contributed by atoms with E-state index < -0.39 is 0 Å². The molecule has 1 saturated carbocycles. The summed E-state index contributed by atoms with van der Waals surface area (Å²) in [5, 5.41) is 0. The van der Waals surface area contributed by atoms with Gasteiger partial charge in [-0.3, -0.25) is 0 Å². The van der Waals surface area contributed by atoms with Crippen molar-refractivity contribution in [3.63, 3.8) is 0 Å². The van der Waals surface area contributed by atoms with Gasteiger partial charge in [-0.2, -0.15) is 0 Å². The molecule has 0 atom stereocenters. The Morgan fingerprint density at radius 2 is 1.95 bits per heavy atom. The topological polar surface area (TPSA) is 53.1 Å². The molecule has 3 rings (SSSR count). The third-order valence-corrected chi connectivity index (χ3v) is 3.90. The Morgan fingerprint density at radius 1 is 1.24 bits per heavy atom. The maximum absolute atomic E-state index is 6.30. The first-order valence-electron chi connectivity index (χ1n) is 7.83. The Labute approximate surface area is 125 Å². The minimum atomic E-state index is 0.605. The average molecular weight is 285 g/mol. The molecule has 1 fully saturated rings. The summed E-state index contributed by atoms with van der Waals surface area (Å²) in [5.41, 5.74) is 8.26. The molecule has 4 heteroatoms. The maximum atomic E-state index is 6.30. The van der Waals surface area contributed by atoms with Gasteiger partial charge in [0.25, 0.3) is 0 Å². The molecule has 0 radical (unpaired) electrons. The van der Waals surface area contributed by atoms with Crippen LogP contribution in [0.1, 0.15) is 44.9 Å². The van der Waals surface area contributed by atoms with Crippen molar-refractivity contribution in [2.24, 2.45) is 0 Å². The van der Waals surface area contributed by atoms with Gasteiger partial charge in [-0.1, -0.05) is 6.92 Å². The summed E-state index contributed by atoms with van der Waals surface area (Å²) in [7, 11) is 0. The van der Waals surface area contributed by atoms with Gasteiger partial charge in [0.2, 0.25) is 0 Å². The number of benzene rings is 1. The maximum Gasteiger partial charge on any atom is 0.131 e. The molecule has 0 saturated heterocycles. The van der Waals surface area contributed by atoms with Crippen LogP contribution in [0.5, 0.6) is 5.75 Å². The minimum Gasteiger partial charge on any atom is -0.494 e. The molecule has 112 valence electrons. The van der Waals surface area contributed by atoms with E-state index in [1.54, 1.807) is 0 Å². The normalized spacial score (nSPS) is 14.4. The van der Waals surface area contributed by atoms with Gasteiger partial charge in [0, 0.05) is 18.0 Å². The number of nitrogens with zero attached hydrogens (tertiary/aromatic N) is 2. The van der Waals surface area contributed by atoms with Crippen molar-refractivity contribution in [3.05, 3.63) is 30.1 Å². The molecule has 1 aliphatic carbocycles. The fourth-order valence-electron chi connectivity index (χ4n) is 2.61. The van der Waals surface area contributed by atoms with Crippen LogP contribution < -0.4 is 10.5 Å². The van der Waals surface area contributed by atoms with Gasteiger partial charge in [-0.05, 0) is 50.5 Å². The number of nitrogen functional groups attached to an aromatic ring is 1. The highest BCUT2D eigenvalue weighted by atomic mass is 16.5. The number of rotatable bonds is 6. The zero-order chi connectivity index (χ0) is 14.8. The monoisotopic (exact) mass is 285 g/mol. The third kappa shape index (κ3) is 2.75. The number of anilines is 1. The summed E-state index contributed by atoms with van der Waals surface area (Å²) in [6, 6.07) is 8.07. The number of aromatic nitrogens is 2. The van der Waals surface area contributed by atoms with Crippen molar-refractivity contribution in [2.45, 2.75) is 45.6 Å². The van der Waals surface area contributed by atoms with E-state index in [-0.39, 0.29) is 0 Å². The summed E-state index contributed by atoms with van der Waals surface area (Å²) in [6.45, 7) is 5.85. The van der Waals surface area contributed by atoms with Crippen LogP contribution in [0.4, 0.5) is 5.82 Å². The average Bonchev–Trinajstić information content (AvgIpc) is 3.30. The molecule has 0 bridgehead atoms. The lowest BCUT2D eigenvalue weighted by Gasteiger charge is -2.06. The Balaban J connectivity index is 1.89. The molecule has 1 aliphatic rings. The molecular formula is C17H23N3O. The summed E-state index contributed by atoms with van der Waals surface area (Å²) in [5.74, 6) is 3.43. The predicted molar refractivity (Wildman–Crippen MR) is 85.5 cm³/mol. The second-order valence-corrected chi connectivity index (χ2v) is 5.60. The molecule has 1 aromatic carbocycles. The molecule has 0 amide bonds. The fourth-order valence-corrected chi connectivity index (χ4v) is 2.61. The Morgan fingerprint density at radius 3 is 2.52 bits per heavy atom. The van der Waals surface area contributed by atoms with E-state index in [1.807, 2.05) is 24.3 Å². The summed E-state index contributed by atoms with van der Waals surface area (Å²) in [4.78, 5) is 4.80. The van der Waals surface area contributed by atoms with Crippen LogP contribution in [0, 0.1) is 0 Å². The van der Waals surface area contributed by atoms with Crippen LogP contribution in [0.15, 0.2) is 24.3 Å². The van der Waals surface area contributed by atoms with Crippen LogP contribution in [0.3, 0.4) is 0 Å². The van der Waals surface area contributed by atoms with Gasteiger partial charge in [0.05, 0.1) is 6.61 Å². The van der Waals surface area contributed by atoms with Gasteiger partial charge < -0.3 is 15.0 Å². The first kappa shape index (κ1) is 14.0. The number of hydrogen-bond donors (Lipinski definition) is 1.